The molecule has 0 spiro atoms. The van der Waals surface area contributed by atoms with Gasteiger partial charge < -0.3 is 24.8 Å². The lowest BCUT2D eigenvalue weighted by Gasteiger charge is -2.19. The van der Waals surface area contributed by atoms with E-state index in [0.29, 0.717) is 65.7 Å². The summed E-state index contributed by atoms with van der Waals surface area (Å²) in [5.41, 5.74) is 6.20. The quantitative estimate of drug-likeness (QED) is 0.141. The van der Waals surface area contributed by atoms with E-state index >= 15 is 0 Å². The van der Waals surface area contributed by atoms with Gasteiger partial charge in [-0.05, 0) is 51.4 Å². The van der Waals surface area contributed by atoms with Gasteiger partial charge >= 0.3 is 5.97 Å². The number of likely N-dealkylation sites (tertiary alicyclic amines) is 1. The minimum Gasteiger partial charge on any atom is -0.496 e. The molecule has 51 heavy (non-hydrogen) atoms. The lowest BCUT2D eigenvalue weighted by Crippen LogP contribution is -2.35. The minimum atomic E-state index is -0.133. The first kappa shape index (κ1) is 36.6. The number of amides is 1. The first-order chi connectivity index (χ1) is 24.6. The van der Waals surface area contributed by atoms with Crippen LogP contribution in [0.1, 0.15) is 44.2 Å². The Morgan fingerprint density at radius 2 is 1.78 bits per heavy atom. The van der Waals surface area contributed by atoms with Crippen LogP contribution in [0.4, 0.5) is 0 Å². The number of halogens is 2. The number of aromatic nitrogens is 2. The summed E-state index contributed by atoms with van der Waals surface area (Å²) in [6, 6.07) is 17.6. The fourth-order valence-corrected chi connectivity index (χ4v) is 7.34. The Hall–Kier alpha value is -4.22. The Labute approximate surface area is 308 Å². The van der Waals surface area contributed by atoms with Gasteiger partial charge in [-0.1, -0.05) is 59.6 Å². The molecule has 0 bridgehead atoms. The molecular weight excluding hydrogens is 689 g/mol. The van der Waals surface area contributed by atoms with Gasteiger partial charge in [0.2, 0.25) is 11.8 Å². The minimum absolute atomic E-state index is 0.0967. The summed E-state index contributed by atoms with van der Waals surface area (Å²) in [5, 5.41) is 7.33. The summed E-state index contributed by atoms with van der Waals surface area (Å²) in [6.45, 7) is 7.07. The molecule has 4 heterocycles. The van der Waals surface area contributed by atoms with Gasteiger partial charge in [0.25, 0.3) is 0 Å². The summed E-state index contributed by atoms with van der Waals surface area (Å²) in [6.07, 6.45) is 3.78. The van der Waals surface area contributed by atoms with Crippen LogP contribution in [-0.4, -0.2) is 72.7 Å². The van der Waals surface area contributed by atoms with Crippen molar-refractivity contribution >= 4 is 35.1 Å². The molecular formula is C39H43Cl2N5O5. The fourth-order valence-electron chi connectivity index (χ4n) is 6.69. The van der Waals surface area contributed by atoms with Crippen molar-refractivity contribution in [3.8, 4) is 45.3 Å². The molecule has 1 amide bonds. The van der Waals surface area contributed by atoms with E-state index in [4.69, 9.17) is 42.4 Å². The van der Waals surface area contributed by atoms with Crippen LogP contribution >= 0.6 is 23.2 Å². The summed E-state index contributed by atoms with van der Waals surface area (Å²) in [7, 11) is 3.24. The molecule has 4 aromatic rings. The van der Waals surface area contributed by atoms with Crippen LogP contribution in [0.5, 0.6) is 11.6 Å². The zero-order valence-electron chi connectivity index (χ0n) is 29.3. The van der Waals surface area contributed by atoms with Crippen molar-refractivity contribution in [2.75, 3.05) is 33.9 Å². The topological polar surface area (TPSA) is 115 Å². The van der Waals surface area contributed by atoms with Crippen LogP contribution < -0.4 is 20.1 Å². The maximum Gasteiger partial charge on any atom is 0.310 e. The molecule has 2 N–H and O–H groups in total. The highest BCUT2D eigenvalue weighted by Crippen LogP contribution is 2.42. The zero-order chi connectivity index (χ0) is 36.1. The number of esters is 1. The Balaban J connectivity index is 1.20. The average molecular weight is 733 g/mol. The lowest BCUT2D eigenvalue weighted by molar-refractivity contribution is -0.151. The lowest BCUT2D eigenvalue weighted by atomic mass is 9.99. The molecule has 2 aliphatic rings. The van der Waals surface area contributed by atoms with E-state index in [2.05, 4.69) is 20.5 Å². The van der Waals surface area contributed by atoms with Crippen LogP contribution in [-0.2, 0) is 27.4 Å². The van der Waals surface area contributed by atoms with E-state index in [1.165, 1.54) is 0 Å². The van der Waals surface area contributed by atoms with Gasteiger partial charge in [0.1, 0.15) is 5.75 Å². The van der Waals surface area contributed by atoms with Gasteiger partial charge in [0.15, 0.2) is 0 Å². The number of nitrogens with zero attached hydrogens (tertiary/aromatic N) is 3. The van der Waals surface area contributed by atoms with Gasteiger partial charge in [-0.25, -0.2) is 4.98 Å². The third-order valence-corrected chi connectivity index (χ3v) is 10.1. The van der Waals surface area contributed by atoms with Crippen molar-refractivity contribution in [3.05, 3.63) is 82.0 Å². The number of ether oxygens (including phenoxy) is 3. The van der Waals surface area contributed by atoms with Crippen LogP contribution in [0.15, 0.2) is 60.8 Å². The number of carbonyl (C=O) groups is 2. The number of rotatable bonds is 13. The Kier molecular flexibility index (Phi) is 11.8. The molecule has 10 nitrogen and oxygen atoms in total. The molecule has 2 atom stereocenters. The maximum atomic E-state index is 12.4. The second kappa shape index (κ2) is 16.4. The molecule has 0 saturated carbocycles. The van der Waals surface area contributed by atoms with E-state index in [1.807, 2.05) is 68.4 Å². The monoisotopic (exact) mass is 731 g/mol. The van der Waals surface area contributed by atoms with Gasteiger partial charge in [0.05, 0.1) is 47.7 Å². The standard InChI is InChI=1S/C39H43Cl2N5O5/c1-23(2)51-39(48)27-15-17-46(22-27)21-26-9-8-24(18-33(26)49-3)37-36(41)30(14-16-43-37)29-6-5-7-31(35(29)40)32-12-10-25(38(45-32)50-4)19-42-20-28-11-13-34(47)44-28/h5-10,12,14,16,18,23,27-28,42H,11,13,15,17,19-22H2,1-4H3,(H,44,47)/t27?,28-/m0/s1. The van der Waals surface area contributed by atoms with E-state index in [1.54, 1.807) is 20.4 Å². The highest BCUT2D eigenvalue weighted by molar-refractivity contribution is 6.39. The first-order valence-corrected chi connectivity index (χ1v) is 18.0. The Morgan fingerprint density at radius 3 is 2.53 bits per heavy atom. The fraction of sp³-hybridized carbons (Fsp3) is 0.385. The van der Waals surface area contributed by atoms with Gasteiger partial charge in [-0.3, -0.25) is 19.5 Å². The van der Waals surface area contributed by atoms with Crippen LogP contribution in [0.2, 0.25) is 10.0 Å². The maximum absolute atomic E-state index is 12.4. The number of nitrogens with one attached hydrogen (secondary N) is 2. The highest BCUT2D eigenvalue weighted by atomic mass is 35.5. The van der Waals surface area contributed by atoms with Gasteiger partial charge in [-0.15, -0.1) is 0 Å². The highest BCUT2D eigenvalue weighted by Gasteiger charge is 2.30. The van der Waals surface area contributed by atoms with E-state index < -0.39 is 0 Å². The normalized spacial score (nSPS) is 17.5. The number of pyridine rings is 2. The SMILES string of the molecule is COc1cc(-c2nccc(-c3cccc(-c4ccc(CNC[C@@H]5CCC(=O)N5)c(OC)n4)c3Cl)c2Cl)ccc1CN1CCC(C(=O)OC(C)C)C1. The second-order valence-corrected chi connectivity index (χ2v) is 14.0. The van der Waals surface area contributed by atoms with E-state index in [0.717, 1.165) is 52.8 Å². The zero-order valence-corrected chi connectivity index (χ0v) is 30.8. The number of benzene rings is 2. The molecule has 6 rings (SSSR count). The number of carbonyl (C=O) groups excluding carboxylic acids is 2. The van der Waals surface area contributed by atoms with Gasteiger partial charge in [0, 0.05) is 78.2 Å². The second-order valence-electron chi connectivity index (χ2n) is 13.2. The number of hydrogen-bond acceptors (Lipinski definition) is 9. The third-order valence-electron chi connectivity index (χ3n) is 9.29. The van der Waals surface area contributed by atoms with E-state index in [-0.39, 0.29) is 29.9 Å². The predicted molar refractivity (Wildman–Crippen MR) is 199 cm³/mol. The number of methoxy groups -OCH3 is 2. The van der Waals surface area contributed by atoms with Crippen molar-refractivity contribution < 1.29 is 23.8 Å². The number of hydrogen-bond donors (Lipinski definition) is 2. The largest absolute Gasteiger partial charge is 0.496 e. The molecule has 0 aliphatic carbocycles. The molecule has 2 fully saturated rings. The Morgan fingerprint density at radius 1 is 1.00 bits per heavy atom. The van der Waals surface area contributed by atoms with Crippen molar-refractivity contribution in [3.63, 3.8) is 0 Å². The summed E-state index contributed by atoms with van der Waals surface area (Å²) in [4.78, 5) is 35.7. The van der Waals surface area contributed by atoms with E-state index in [9.17, 15) is 9.59 Å². The van der Waals surface area contributed by atoms with Crippen LogP contribution in [0.25, 0.3) is 33.6 Å². The molecule has 0 radical (unpaired) electrons. The van der Waals surface area contributed by atoms with Gasteiger partial charge in [-0.2, -0.15) is 0 Å². The smallest absolute Gasteiger partial charge is 0.310 e. The Bertz CT molecular complexity index is 1900. The predicted octanol–water partition coefficient (Wildman–Crippen LogP) is 6.94. The molecule has 2 aromatic heterocycles. The van der Waals surface area contributed by atoms with Crippen molar-refractivity contribution in [2.24, 2.45) is 5.92 Å². The van der Waals surface area contributed by atoms with Crippen LogP contribution in [0, 0.1) is 5.92 Å². The molecule has 268 valence electrons. The van der Waals surface area contributed by atoms with Crippen molar-refractivity contribution in [1.29, 1.82) is 0 Å². The first-order valence-electron chi connectivity index (χ1n) is 17.2. The molecule has 2 aromatic carbocycles. The summed E-state index contributed by atoms with van der Waals surface area (Å²) in [5.74, 6) is 1.06. The van der Waals surface area contributed by atoms with Crippen molar-refractivity contribution in [2.45, 2.75) is 58.3 Å². The average Bonchev–Trinajstić information content (AvgIpc) is 3.77. The third kappa shape index (κ3) is 8.47. The summed E-state index contributed by atoms with van der Waals surface area (Å²) >= 11 is 14.2. The molecule has 2 saturated heterocycles. The molecule has 2 aliphatic heterocycles. The molecule has 1 unspecified atom stereocenters. The van der Waals surface area contributed by atoms with Crippen molar-refractivity contribution in [1.82, 2.24) is 25.5 Å². The molecule has 12 heteroatoms. The van der Waals surface area contributed by atoms with Crippen LogP contribution in [0.3, 0.4) is 0 Å². The summed E-state index contributed by atoms with van der Waals surface area (Å²) < 4.78 is 16.9.